The molecule has 1 aliphatic rings. The maximum absolute atomic E-state index is 6.30. The van der Waals surface area contributed by atoms with Crippen LogP contribution in [0.3, 0.4) is 0 Å². The van der Waals surface area contributed by atoms with Gasteiger partial charge < -0.3 is 5.32 Å². The second-order valence-corrected chi connectivity index (χ2v) is 6.37. The molecule has 0 saturated heterocycles. The molecule has 0 radical (unpaired) electrons. The van der Waals surface area contributed by atoms with E-state index in [2.05, 4.69) is 47.6 Å². The van der Waals surface area contributed by atoms with E-state index in [4.69, 9.17) is 11.6 Å². The fraction of sp³-hybridized carbons (Fsp3) is 0.471. The van der Waals surface area contributed by atoms with Gasteiger partial charge in [0.2, 0.25) is 0 Å². The molecule has 0 unspecified atom stereocenters. The average molecular weight is 289 g/mol. The van der Waals surface area contributed by atoms with E-state index in [-0.39, 0.29) is 5.54 Å². The lowest BCUT2D eigenvalue weighted by atomic mass is 9.78. The van der Waals surface area contributed by atoms with Gasteiger partial charge in [-0.25, -0.2) is 4.98 Å². The first-order chi connectivity index (χ1) is 9.72. The van der Waals surface area contributed by atoms with Crippen molar-refractivity contribution in [2.24, 2.45) is 5.92 Å². The number of benzene rings is 1. The summed E-state index contributed by atoms with van der Waals surface area (Å²) >= 11 is 6.30. The van der Waals surface area contributed by atoms with Crippen molar-refractivity contribution in [3.05, 3.63) is 36.5 Å². The van der Waals surface area contributed by atoms with Crippen LogP contribution in [-0.4, -0.2) is 16.4 Å². The van der Waals surface area contributed by atoms with E-state index >= 15 is 0 Å². The Morgan fingerprint density at radius 3 is 2.75 bits per heavy atom. The molecule has 3 heteroatoms. The maximum Gasteiger partial charge on any atom is 0.134 e. The van der Waals surface area contributed by atoms with Crippen LogP contribution in [0, 0.1) is 5.92 Å². The number of pyridine rings is 1. The molecule has 1 aromatic heterocycles. The van der Waals surface area contributed by atoms with E-state index in [0.717, 1.165) is 24.6 Å². The molecule has 3 rings (SSSR count). The van der Waals surface area contributed by atoms with Gasteiger partial charge in [-0.05, 0) is 43.1 Å². The number of nitrogens with one attached hydrogen (secondary N) is 1. The molecular weight excluding hydrogens is 268 g/mol. The van der Waals surface area contributed by atoms with Crippen molar-refractivity contribution < 1.29 is 0 Å². The number of anilines is 1. The van der Waals surface area contributed by atoms with E-state index < -0.39 is 0 Å². The molecule has 0 amide bonds. The summed E-state index contributed by atoms with van der Waals surface area (Å²) in [6, 6.07) is 10.4. The molecule has 0 bridgehead atoms. The largest absolute Gasteiger partial charge is 0.363 e. The predicted molar refractivity (Wildman–Crippen MR) is 86.4 cm³/mol. The van der Waals surface area contributed by atoms with Gasteiger partial charge in [0.25, 0.3) is 0 Å². The van der Waals surface area contributed by atoms with Crippen LogP contribution in [0.15, 0.2) is 36.5 Å². The Bertz CT molecular complexity index is 583. The third kappa shape index (κ3) is 2.62. The van der Waals surface area contributed by atoms with Gasteiger partial charge in [0.15, 0.2) is 0 Å². The van der Waals surface area contributed by atoms with Gasteiger partial charge in [0.1, 0.15) is 5.82 Å². The van der Waals surface area contributed by atoms with Crippen LogP contribution in [0.1, 0.15) is 32.6 Å². The number of hydrogen-bond acceptors (Lipinski definition) is 2. The van der Waals surface area contributed by atoms with Gasteiger partial charge in [-0.3, -0.25) is 0 Å². The van der Waals surface area contributed by atoms with E-state index in [0.29, 0.717) is 5.88 Å². The first kappa shape index (κ1) is 13.7. The maximum atomic E-state index is 6.30. The molecule has 1 aliphatic carbocycles. The Morgan fingerprint density at radius 2 is 2.00 bits per heavy atom. The number of hydrogen-bond donors (Lipinski definition) is 1. The summed E-state index contributed by atoms with van der Waals surface area (Å²) in [5.74, 6) is 2.43. The number of nitrogens with zero attached hydrogens (tertiary/aromatic N) is 1. The normalized spacial score (nSPS) is 26.6. The fourth-order valence-electron chi connectivity index (χ4n) is 3.08. The third-order valence-electron chi connectivity index (χ3n) is 4.54. The highest BCUT2D eigenvalue weighted by Gasteiger charge is 2.33. The number of halogens is 1. The minimum absolute atomic E-state index is 0.00515. The summed E-state index contributed by atoms with van der Waals surface area (Å²) in [5.41, 5.74) is 0.00515. The standard InChI is InChI=1S/C17H21ClN2/c1-13-6-9-17(12-18,10-7-13)20-16-15-5-3-2-4-14(15)8-11-19-16/h2-5,8,11,13H,6-7,9-10,12H2,1H3,(H,19,20). The number of rotatable bonds is 3. The molecular formula is C17H21ClN2. The minimum atomic E-state index is 0.00515. The second-order valence-electron chi connectivity index (χ2n) is 6.10. The van der Waals surface area contributed by atoms with Crippen molar-refractivity contribution in [1.29, 1.82) is 0 Å². The summed E-state index contributed by atoms with van der Waals surface area (Å²) in [6.45, 7) is 2.33. The van der Waals surface area contributed by atoms with Gasteiger partial charge in [-0.15, -0.1) is 11.6 Å². The summed E-state index contributed by atoms with van der Waals surface area (Å²) in [5, 5.41) is 6.06. The molecule has 1 N–H and O–H groups in total. The van der Waals surface area contributed by atoms with Crippen molar-refractivity contribution in [3.8, 4) is 0 Å². The van der Waals surface area contributed by atoms with Crippen LogP contribution in [0.25, 0.3) is 10.8 Å². The van der Waals surface area contributed by atoms with E-state index in [1.54, 1.807) is 0 Å². The zero-order valence-electron chi connectivity index (χ0n) is 11.9. The van der Waals surface area contributed by atoms with Crippen LogP contribution in [0.5, 0.6) is 0 Å². The average Bonchev–Trinajstić information content (AvgIpc) is 2.50. The first-order valence-electron chi connectivity index (χ1n) is 7.40. The molecule has 106 valence electrons. The SMILES string of the molecule is CC1CCC(CCl)(Nc2nccc3ccccc23)CC1. The van der Waals surface area contributed by atoms with E-state index in [1.165, 1.54) is 23.6 Å². The molecule has 1 heterocycles. The highest BCUT2D eigenvalue weighted by atomic mass is 35.5. The summed E-state index contributed by atoms with van der Waals surface area (Å²) < 4.78 is 0. The number of aromatic nitrogens is 1. The second kappa shape index (κ2) is 5.61. The Hall–Kier alpha value is -1.28. The molecule has 1 fully saturated rings. The van der Waals surface area contributed by atoms with Crippen molar-refractivity contribution in [2.45, 2.75) is 38.1 Å². The van der Waals surface area contributed by atoms with Gasteiger partial charge in [0.05, 0.1) is 5.54 Å². The Labute approximate surface area is 125 Å². The highest BCUT2D eigenvalue weighted by Crippen LogP contribution is 2.36. The summed E-state index contributed by atoms with van der Waals surface area (Å²) in [7, 11) is 0. The van der Waals surface area contributed by atoms with E-state index in [9.17, 15) is 0 Å². The zero-order valence-corrected chi connectivity index (χ0v) is 12.7. The number of alkyl halides is 1. The lowest BCUT2D eigenvalue weighted by Gasteiger charge is -2.39. The van der Waals surface area contributed by atoms with Gasteiger partial charge >= 0.3 is 0 Å². The highest BCUT2D eigenvalue weighted by molar-refractivity contribution is 6.19. The first-order valence-corrected chi connectivity index (χ1v) is 7.94. The Morgan fingerprint density at radius 1 is 1.25 bits per heavy atom. The molecule has 0 atom stereocenters. The van der Waals surface area contributed by atoms with E-state index in [1.807, 2.05) is 6.20 Å². The molecule has 2 nitrogen and oxygen atoms in total. The molecule has 2 aromatic rings. The number of fused-ring (bicyclic) bond motifs is 1. The van der Waals surface area contributed by atoms with Crippen molar-refractivity contribution in [2.75, 3.05) is 11.2 Å². The van der Waals surface area contributed by atoms with Crippen LogP contribution in [-0.2, 0) is 0 Å². The van der Waals surface area contributed by atoms with Crippen molar-refractivity contribution in [3.63, 3.8) is 0 Å². The molecule has 1 aromatic carbocycles. The summed E-state index contributed by atoms with van der Waals surface area (Å²) in [6.07, 6.45) is 6.61. The lowest BCUT2D eigenvalue weighted by molar-refractivity contribution is 0.286. The van der Waals surface area contributed by atoms with Crippen LogP contribution < -0.4 is 5.32 Å². The molecule has 0 aliphatic heterocycles. The van der Waals surface area contributed by atoms with Crippen LogP contribution in [0.4, 0.5) is 5.82 Å². The zero-order chi connectivity index (χ0) is 14.0. The van der Waals surface area contributed by atoms with Gasteiger partial charge in [-0.1, -0.05) is 31.2 Å². The predicted octanol–water partition coefficient (Wildman–Crippen LogP) is 4.83. The summed E-state index contributed by atoms with van der Waals surface area (Å²) in [4.78, 5) is 4.54. The minimum Gasteiger partial charge on any atom is -0.363 e. The van der Waals surface area contributed by atoms with Crippen molar-refractivity contribution >= 4 is 28.2 Å². The molecule has 20 heavy (non-hydrogen) atoms. The quantitative estimate of drug-likeness (QED) is 0.818. The van der Waals surface area contributed by atoms with Crippen LogP contribution >= 0.6 is 11.6 Å². The fourth-order valence-corrected chi connectivity index (χ4v) is 3.41. The Balaban J connectivity index is 1.91. The molecule has 0 spiro atoms. The Kier molecular flexibility index (Phi) is 3.84. The smallest absolute Gasteiger partial charge is 0.134 e. The molecule has 1 saturated carbocycles. The topological polar surface area (TPSA) is 24.9 Å². The lowest BCUT2D eigenvalue weighted by Crippen LogP contribution is -2.43. The van der Waals surface area contributed by atoms with Crippen molar-refractivity contribution in [1.82, 2.24) is 4.98 Å². The monoisotopic (exact) mass is 288 g/mol. The van der Waals surface area contributed by atoms with Gasteiger partial charge in [-0.2, -0.15) is 0 Å². The third-order valence-corrected chi connectivity index (χ3v) is 5.06. The van der Waals surface area contributed by atoms with Crippen LogP contribution in [0.2, 0.25) is 0 Å². The van der Waals surface area contributed by atoms with Gasteiger partial charge in [0, 0.05) is 17.5 Å².